The van der Waals surface area contributed by atoms with Crippen LogP contribution in [0.3, 0.4) is 0 Å². The van der Waals surface area contributed by atoms with Gasteiger partial charge < -0.3 is 4.42 Å². The van der Waals surface area contributed by atoms with Crippen molar-refractivity contribution in [1.82, 2.24) is 0 Å². The third-order valence-electron chi connectivity index (χ3n) is 9.89. The molecule has 5 aromatic carbocycles. The summed E-state index contributed by atoms with van der Waals surface area (Å²) in [6, 6.07) is 35.0. The van der Waals surface area contributed by atoms with Gasteiger partial charge in [0.05, 0.1) is 0 Å². The molecule has 0 radical (unpaired) electrons. The summed E-state index contributed by atoms with van der Waals surface area (Å²) in [6.45, 7) is 0. The summed E-state index contributed by atoms with van der Waals surface area (Å²) in [7, 11) is 0. The van der Waals surface area contributed by atoms with Gasteiger partial charge in [-0.3, -0.25) is 0 Å². The first-order valence-corrected chi connectivity index (χ1v) is 15.1. The fraction of sp³-hybridized carbons (Fsp3) is 0.0476. The molecule has 1 heterocycles. The molecule has 200 valence electrons. The Kier molecular flexibility index (Phi) is 4.62. The van der Waals surface area contributed by atoms with Crippen LogP contribution in [0, 0.1) is 11.8 Å². The largest absolute Gasteiger partial charge is 0.455 e. The van der Waals surface area contributed by atoms with Crippen LogP contribution in [0.2, 0.25) is 0 Å². The van der Waals surface area contributed by atoms with Gasteiger partial charge in [0, 0.05) is 28.2 Å². The second-order valence-corrected chi connectivity index (χ2v) is 12.0. The monoisotopic (exact) mass is 546 g/mol. The second-order valence-electron chi connectivity index (χ2n) is 12.0. The second kappa shape index (κ2) is 8.56. The topological polar surface area (TPSA) is 13.1 Å². The van der Waals surface area contributed by atoms with Crippen LogP contribution in [0.5, 0.6) is 0 Å². The van der Waals surface area contributed by atoms with Crippen molar-refractivity contribution in [2.45, 2.75) is 0 Å². The molecule has 1 heteroatoms. The number of allylic oxidation sites excluding steroid dienone is 14. The highest BCUT2D eigenvalue weighted by Gasteiger charge is 2.41. The van der Waals surface area contributed by atoms with Crippen molar-refractivity contribution in [2.24, 2.45) is 11.8 Å². The van der Waals surface area contributed by atoms with Crippen LogP contribution >= 0.6 is 0 Å². The maximum absolute atomic E-state index is 6.50. The van der Waals surface area contributed by atoms with Crippen LogP contribution in [0.25, 0.3) is 54.6 Å². The van der Waals surface area contributed by atoms with E-state index in [1.165, 1.54) is 76.9 Å². The summed E-state index contributed by atoms with van der Waals surface area (Å²) in [5.74, 6) is 0.548. The van der Waals surface area contributed by atoms with Gasteiger partial charge in [-0.1, -0.05) is 134 Å². The van der Waals surface area contributed by atoms with E-state index >= 15 is 0 Å². The summed E-state index contributed by atoms with van der Waals surface area (Å²) in [6.07, 6.45) is 18.8. The molecule has 10 rings (SSSR count). The average Bonchev–Trinajstić information content (AvgIpc) is 3.46. The Labute approximate surface area is 249 Å². The highest BCUT2D eigenvalue weighted by Crippen LogP contribution is 2.55. The molecule has 43 heavy (non-hydrogen) atoms. The molecule has 0 N–H and O–H groups in total. The summed E-state index contributed by atoms with van der Waals surface area (Å²) in [5, 5.41) is 7.55. The third-order valence-corrected chi connectivity index (χ3v) is 9.89. The number of rotatable bonds is 2. The number of furan rings is 1. The van der Waals surface area contributed by atoms with Crippen molar-refractivity contribution >= 4 is 54.6 Å². The van der Waals surface area contributed by atoms with Crippen molar-refractivity contribution < 1.29 is 4.42 Å². The molecule has 0 bridgehead atoms. The third kappa shape index (κ3) is 3.17. The van der Waals surface area contributed by atoms with E-state index in [4.69, 9.17) is 4.42 Å². The van der Waals surface area contributed by atoms with Gasteiger partial charge in [-0.15, -0.1) is 0 Å². The molecule has 0 aliphatic heterocycles. The molecule has 4 aliphatic carbocycles. The SMILES string of the molecule is C1=CC2=C(c3cccc4c3oc3ccccc34)C=CC3=CC=C4C(c5cc6ccccc6c6ccccc56)=CC=C1C4C32. The van der Waals surface area contributed by atoms with Gasteiger partial charge in [-0.05, 0) is 72.7 Å². The quantitative estimate of drug-likeness (QED) is 0.197. The van der Waals surface area contributed by atoms with E-state index in [1.54, 1.807) is 0 Å². The lowest BCUT2D eigenvalue weighted by atomic mass is 9.61. The maximum Gasteiger partial charge on any atom is 0.143 e. The first-order valence-electron chi connectivity index (χ1n) is 15.1. The van der Waals surface area contributed by atoms with Gasteiger partial charge >= 0.3 is 0 Å². The Bertz CT molecular complexity index is 2450. The van der Waals surface area contributed by atoms with Gasteiger partial charge in [-0.25, -0.2) is 0 Å². The smallest absolute Gasteiger partial charge is 0.143 e. The Morgan fingerprint density at radius 2 is 1.21 bits per heavy atom. The van der Waals surface area contributed by atoms with Crippen molar-refractivity contribution in [2.75, 3.05) is 0 Å². The lowest BCUT2D eigenvalue weighted by Crippen LogP contribution is -2.30. The van der Waals surface area contributed by atoms with Crippen molar-refractivity contribution in [1.29, 1.82) is 0 Å². The lowest BCUT2D eigenvalue weighted by Gasteiger charge is -2.42. The van der Waals surface area contributed by atoms with Gasteiger partial charge in [0.25, 0.3) is 0 Å². The highest BCUT2D eigenvalue weighted by molar-refractivity contribution is 6.13. The molecule has 0 saturated carbocycles. The van der Waals surface area contributed by atoms with Crippen molar-refractivity contribution in [3.8, 4) is 0 Å². The minimum absolute atomic E-state index is 0.270. The highest BCUT2D eigenvalue weighted by atomic mass is 16.3. The van der Waals surface area contributed by atoms with Crippen molar-refractivity contribution in [3.05, 3.63) is 179 Å². The lowest BCUT2D eigenvalue weighted by molar-refractivity contribution is 0.569. The van der Waals surface area contributed by atoms with Gasteiger partial charge in [0.2, 0.25) is 0 Å². The van der Waals surface area contributed by atoms with Crippen LogP contribution in [-0.2, 0) is 0 Å². The number of hydrogen-bond acceptors (Lipinski definition) is 1. The molecule has 0 spiro atoms. The minimum Gasteiger partial charge on any atom is -0.455 e. The number of para-hydroxylation sites is 2. The van der Waals surface area contributed by atoms with E-state index in [-0.39, 0.29) is 11.8 Å². The van der Waals surface area contributed by atoms with Crippen molar-refractivity contribution in [3.63, 3.8) is 0 Å². The Hall–Kier alpha value is -5.40. The first-order chi connectivity index (χ1) is 21.3. The van der Waals surface area contributed by atoms with E-state index in [1.807, 2.05) is 6.07 Å². The zero-order valence-electron chi connectivity index (χ0n) is 23.4. The minimum atomic E-state index is 0.270. The average molecular weight is 547 g/mol. The van der Waals surface area contributed by atoms with Gasteiger partial charge in [0.1, 0.15) is 11.2 Å². The molecule has 1 aromatic heterocycles. The van der Waals surface area contributed by atoms with Crippen LogP contribution in [-0.4, -0.2) is 0 Å². The molecule has 2 unspecified atom stereocenters. The summed E-state index contributed by atoms with van der Waals surface area (Å²) in [4.78, 5) is 0. The fourth-order valence-electron chi connectivity index (χ4n) is 8.00. The van der Waals surface area contributed by atoms with E-state index < -0.39 is 0 Å². The predicted molar refractivity (Wildman–Crippen MR) is 180 cm³/mol. The Morgan fingerprint density at radius 3 is 2.14 bits per heavy atom. The summed E-state index contributed by atoms with van der Waals surface area (Å²) < 4.78 is 6.50. The molecule has 4 aliphatic rings. The molecule has 1 nitrogen and oxygen atoms in total. The zero-order valence-corrected chi connectivity index (χ0v) is 23.4. The number of fused-ring (bicyclic) bond motifs is 6. The molecule has 0 amide bonds. The van der Waals surface area contributed by atoms with Crippen LogP contribution in [0.4, 0.5) is 0 Å². The molecule has 0 fully saturated rings. The van der Waals surface area contributed by atoms with E-state index in [9.17, 15) is 0 Å². The summed E-state index contributed by atoms with van der Waals surface area (Å²) >= 11 is 0. The van der Waals surface area contributed by atoms with Crippen LogP contribution in [0.15, 0.2) is 172 Å². The standard InChI is InChI=1S/C42H26O/c1-2-9-28-27(8-1)24-38(30-11-4-3-10-29(28)30)32-21-17-26-18-22-34-31(20-16-25-19-23-35(32)41(26)40(25)34)36-13-7-14-37-33-12-5-6-15-39(33)43-42(36)37/h1-24,40-41H. The molecular formula is C42H26O. The molecule has 0 saturated heterocycles. The van der Waals surface area contributed by atoms with Crippen LogP contribution < -0.4 is 0 Å². The van der Waals surface area contributed by atoms with E-state index in [2.05, 4.69) is 140 Å². The van der Waals surface area contributed by atoms with Gasteiger partial charge in [0.15, 0.2) is 0 Å². The number of benzene rings is 5. The summed E-state index contributed by atoms with van der Waals surface area (Å²) in [5.41, 5.74) is 12.5. The van der Waals surface area contributed by atoms with E-state index in [0.29, 0.717) is 0 Å². The van der Waals surface area contributed by atoms with Crippen LogP contribution in [0.1, 0.15) is 11.1 Å². The Morgan fingerprint density at radius 1 is 0.488 bits per heavy atom. The first kappa shape index (κ1) is 23.2. The maximum atomic E-state index is 6.50. The predicted octanol–water partition coefficient (Wildman–Crippen LogP) is 10.9. The number of hydrogen-bond donors (Lipinski definition) is 0. The molecule has 2 atom stereocenters. The molecular weight excluding hydrogens is 520 g/mol. The Balaban J connectivity index is 1.17. The normalized spacial score (nSPS) is 20.4. The molecule has 6 aromatic rings. The van der Waals surface area contributed by atoms with E-state index in [0.717, 1.165) is 11.2 Å². The fourth-order valence-corrected chi connectivity index (χ4v) is 8.00. The van der Waals surface area contributed by atoms with Gasteiger partial charge in [-0.2, -0.15) is 0 Å². The zero-order chi connectivity index (χ0) is 28.1.